The molecule has 0 saturated carbocycles. The molecule has 0 bridgehead atoms. The highest BCUT2D eigenvalue weighted by atomic mass is 16.2. The van der Waals surface area contributed by atoms with E-state index in [1.807, 2.05) is 17.0 Å². The Morgan fingerprint density at radius 3 is 2.46 bits per heavy atom. The zero-order chi connectivity index (χ0) is 17.1. The molecule has 5 nitrogen and oxygen atoms in total. The van der Waals surface area contributed by atoms with Gasteiger partial charge in [-0.15, -0.1) is 0 Å². The Morgan fingerprint density at radius 1 is 1.17 bits per heavy atom. The SMILES string of the molecule is Cc1cc(C)cc(Nc2ncc(C(=O)N3CCCC(C)C3)cn2)c1. The molecule has 0 spiro atoms. The van der Waals surface area contributed by atoms with Crippen LogP contribution in [0.4, 0.5) is 11.6 Å². The van der Waals surface area contributed by atoms with Gasteiger partial charge < -0.3 is 10.2 Å². The maximum atomic E-state index is 12.5. The highest BCUT2D eigenvalue weighted by Gasteiger charge is 2.22. The van der Waals surface area contributed by atoms with Gasteiger partial charge in [0.2, 0.25) is 5.95 Å². The molecular formula is C19H24N4O. The predicted molar refractivity (Wildman–Crippen MR) is 95.5 cm³/mol. The quantitative estimate of drug-likeness (QED) is 0.935. The molecule has 1 saturated heterocycles. The summed E-state index contributed by atoms with van der Waals surface area (Å²) >= 11 is 0. The lowest BCUT2D eigenvalue weighted by Gasteiger charge is -2.30. The van der Waals surface area contributed by atoms with Gasteiger partial charge in [0.05, 0.1) is 5.56 Å². The molecule has 3 rings (SSSR count). The maximum Gasteiger partial charge on any atom is 0.257 e. The van der Waals surface area contributed by atoms with Crippen LogP contribution in [-0.4, -0.2) is 33.9 Å². The molecule has 1 atom stereocenters. The number of aromatic nitrogens is 2. The Balaban J connectivity index is 1.69. The second-order valence-corrected chi connectivity index (χ2v) is 6.80. The van der Waals surface area contributed by atoms with Gasteiger partial charge in [-0.1, -0.05) is 13.0 Å². The molecular weight excluding hydrogens is 300 g/mol. The van der Waals surface area contributed by atoms with E-state index in [0.717, 1.165) is 25.2 Å². The molecule has 1 aliphatic heterocycles. The van der Waals surface area contributed by atoms with Gasteiger partial charge in [-0.05, 0) is 55.9 Å². The summed E-state index contributed by atoms with van der Waals surface area (Å²) in [4.78, 5) is 23.0. The molecule has 1 fully saturated rings. The fourth-order valence-corrected chi connectivity index (χ4v) is 3.24. The van der Waals surface area contributed by atoms with Gasteiger partial charge in [0.15, 0.2) is 0 Å². The summed E-state index contributed by atoms with van der Waals surface area (Å²) < 4.78 is 0. The number of piperidine rings is 1. The van der Waals surface area contributed by atoms with Crippen LogP contribution >= 0.6 is 0 Å². The molecule has 0 radical (unpaired) electrons. The van der Waals surface area contributed by atoms with Crippen molar-refractivity contribution in [3.05, 3.63) is 47.3 Å². The van der Waals surface area contributed by atoms with Crippen LogP contribution in [0.3, 0.4) is 0 Å². The average Bonchev–Trinajstić information content (AvgIpc) is 2.54. The summed E-state index contributed by atoms with van der Waals surface area (Å²) in [5.41, 5.74) is 3.87. The van der Waals surface area contributed by atoms with Crippen molar-refractivity contribution in [1.29, 1.82) is 0 Å². The molecule has 1 N–H and O–H groups in total. The third kappa shape index (κ3) is 3.91. The van der Waals surface area contributed by atoms with Gasteiger partial charge in [0.1, 0.15) is 0 Å². The standard InChI is InChI=1S/C19H24N4O/c1-13-5-4-6-23(12-13)18(24)16-10-20-19(21-11-16)22-17-8-14(2)7-15(3)9-17/h7-11,13H,4-6,12H2,1-3H3,(H,20,21,22). The first kappa shape index (κ1) is 16.4. The Kier molecular flexibility index (Phi) is 4.79. The monoisotopic (exact) mass is 324 g/mol. The van der Waals surface area contributed by atoms with Crippen LogP contribution in [0.1, 0.15) is 41.3 Å². The number of carbonyl (C=O) groups is 1. The number of hydrogen-bond acceptors (Lipinski definition) is 4. The van der Waals surface area contributed by atoms with Crippen molar-refractivity contribution in [3.8, 4) is 0 Å². The Morgan fingerprint density at radius 2 is 1.83 bits per heavy atom. The average molecular weight is 324 g/mol. The fraction of sp³-hybridized carbons (Fsp3) is 0.421. The van der Waals surface area contributed by atoms with Crippen LogP contribution in [0.25, 0.3) is 0 Å². The lowest BCUT2D eigenvalue weighted by Crippen LogP contribution is -2.39. The van der Waals surface area contributed by atoms with Crippen LogP contribution < -0.4 is 5.32 Å². The van der Waals surface area contributed by atoms with Crippen LogP contribution in [0, 0.1) is 19.8 Å². The van der Waals surface area contributed by atoms with E-state index in [2.05, 4.69) is 42.1 Å². The second kappa shape index (κ2) is 6.99. The summed E-state index contributed by atoms with van der Waals surface area (Å²) in [7, 11) is 0. The molecule has 2 heterocycles. The smallest absolute Gasteiger partial charge is 0.257 e. The van der Waals surface area contributed by atoms with Crippen molar-refractivity contribution in [2.75, 3.05) is 18.4 Å². The van der Waals surface area contributed by atoms with E-state index in [1.165, 1.54) is 17.5 Å². The molecule has 1 amide bonds. The number of benzene rings is 1. The molecule has 0 aliphatic carbocycles. The lowest BCUT2D eigenvalue weighted by atomic mass is 10.00. The third-order valence-electron chi connectivity index (χ3n) is 4.32. The van der Waals surface area contributed by atoms with E-state index in [1.54, 1.807) is 12.4 Å². The van der Waals surface area contributed by atoms with Gasteiger partial charge in [-0.2, -0.15) is 0 Å². The molecule has 2 aromatic rings. The van der Waals surface area contributed by atoms with E-state index in [-0.39, 0.29) is 5.91 Å². The Labute approximate surface area is 143 Å². The fourth-order valence-electron chi connectivity index (χ4n) is 3.24. The minimum Gasteiger partial charge on any atom is -0.338 e. The van der Waals surface area contributed by atoms with Crippen LogP contribution in [0.15, 0.2) is 30.6 Å². The third-order valence-corrected chi connectivity index (χ3v) is 4.32. The summed E-state index contributed by atoms with van der Waals surface area (Å²) in [5.74, 6) is 1.09. The first-order valence-corrected chi connectivity index (χ1v) is 8.48. The number of nitrogens with zero attached hydrogens (tertiary/aromatic N) is 3. The zero-order valence-electron chi connectivity index (χ0n) is 14.5. The predicted octanol–water partition coefficient (Wildman–Crippen LogP) is 3.71. The normalized spacial score (nSPS) is 17.6. The highest BCUT2D eigenvalue weighted by Crippen LogP contribution is 2.19. The van der Waals surface area contributed by atoms with Crippen molar-refractivity contribution in [1.82, 2.24) is 14.9 Å². The first-order valence-electron chi connectivity index (χ1n) is 8.48. The summed E-state index contributed by atoms with van der Waals surface area (Å²) in [6.07, 6.45) is 5.48. The summed E-state index contributed by atoms with van der Waals surface area (Å²) in [5, 5.41) is 3.19. The van der Waals surface area contributed by atoms with Gasteiger partial charge in [0.25, 0.3) is 5.91 Å². The highest BCUT2D eigenvalue weighted by molar-refractivity contribution is 5.93. The number of aryl methyl sites for hydroxylation is 2. The van der Waals surface area contributed by atoms with Crippen molar-refractivity contribution in [2.45, 2.75) is 33.6 Å². The van der Waals surface area contributed by atoms with Gasteiger partial charge in [-0.3, -0.25) is 4.79 Å². The molecule has 1 unspecified atom stereocenters. The molecule has 24 heavy (non-hydrogen) atoms. The van der Waals surface area contributed by atoms with E-state index < -0.39 is 0 Å². The molecule has 1 aromatic carbocycles. The van der Waals surface area contributed by atoms with Crippen LogP contribution in [-0.2, 0) is 0 Å². The number of hydrogen-bond donors (Lipinski definition) is 1. The van der Waals surface area contributed by atoms with Crippen LogP contribution in [0.5, 0.6) is 0 Å². The molecule has 1 aliphatic rings. The number of likely N-dealkylation sites (tertiary alicyclic amines) is 1. The summed E-state index contributed by atoms with van der Waals surface area (Å²) in [6.45, 7) is 7.95. The largest absolute Gasteiger partial charge is 0.338 e. The number of amides is 1. The van der Waals surface area contributed by atoms with E-state index in [0.29, 0.717) is 17.4 Å². The lowest BCUT2D eigenvalue weighted by molar-refractivity contribution is 0.0682. The number of anilines is 2. The maximum absolute atomic E-state index is 12.5. The van der Waals surface area contributed by atoms with E-state index in [4.69, 9.17) is 0 Å². The Hall–Kier alpha value is -2.43. The zero-order valence-corrected chi connectivity index (χ0v) is 14.5. The molecule has 1 aromatic heterocycles. The van der Waals surface area contributed by atoms with Crippen molar-refractivity contribution in [2.24, 2.45) is 5.92 Å². The van der Waals surface area contributed by atoms with Gasteiger partial charge in [0, 0.05) is 31.2 Å². The van der Waals surface area contributed by atoms with E-state index >= 15 is 0 Å². The van der Waals surface area contributed by atoms with Crippen molar-refractivity contribution >= 4 is 17.5 Å². The summed E-state index contributed by atoms with van der Waals surface area (Å²) in [6, 6.07) is 6.21. The van der Waals surface area contributed by atoms with Crippen molar-refractivity contribution in [3.63, 3.8) is 0 Å². The first-order chi connectivity index (χ1) is 11.5. The second-order valence-electron chi connectivity index (χ2n) is 6.80. The molecule has 5 heteroatoms. The number of carbonyl (C=O) groups excluding carboxylic acids is 1. The van der Waals surface area contributed by atoms with E-state index in [9.17, 15) is 4.79 Å². The van der Waals surface area contributed by atoms with Crippen LogP contribution in [0.2, 0.25) is 0 Å². The Bertz CT molecular complexity index is 706. The molecule has 126 valence electrons. The number of nitrogens with one attached hydrogen (secondary N) is 1. The topological polar surface area (TPSA) is 58.1 Å². The van der Waals surface area contributed by atoms with Crippen molar-refractivity contribution < 1.29 is 4.79 Å². The minimum atomic E-state index is 0.0273. The van der Waals surface area contributed by atoms with Gasteiger partial charge >= 0.3 is 0 Å². The minimum absolute atomic E-state index is 0.0273. The number of rotatable bonds is 3. The van der Waals surface area contributed by atoms with Gasteiger partial charge in [-0.25, -0.2) is 9.97 Å².